The van der Waals surface area contributed by atoms with E-state index in [0.29, 0.717) is 6.10 Å². The molecular formula is C15H24N2O. The summed E-state index contributed by atoms with van der Waals surface area (Å²) in [6.45, 7) is 3.31. The molecule has 0 bridgehead atoms. The van der Waals surface area contributed by atoms with Gasteiger partial charge in [0.05, 0.1) is 0 Å². The molecule has 0 radical (unpaired) electrons. The fourth-order valence-electron chi connectivity index (χ4n) is 2.30. The lowest BCUT2D eigenvalue weighted by molar-refractivity contribution is 0.114. The summed E-state index contributed by atoms with van der Waals surface area (Å²) >= 11 is 0. The van der Waals surface area contributed by atoms with Gasteiger partial charge in [-0.05, 0) is 57.6 Å². The fraction of sp³-hybridized carbons (Fsp3) is 0.600. The van der Waals surface area contributed by atoms with E-state index in [4.69, 9.17) is 4.74 Å². The van der Waals surface area contributed by atoms with Crippen LogP contribution >= 0.6 is 0 Å². The average molecular weight is 248 g/mol. The van der Waals surface area contributed by atoms with Gasteiger partial charge in [-0.3, -0.25) is 0 Å². The Morgan fingerprint density at radius 2 is 1.89 bits per heavy atom. The monoisotopic (exact) mass is 248 g/mol. The number of benzene rings is 1. The highest BCUT2D eigenvalue weighted by Crippen LogP contribution is 2.19. The van der Waals surface area contributed by atoms with Crippen molar-refractivity contribution < 1.29 is 4.74 Å². The number of ether oxygens (including phenoxy) is 1. The topological polar surface area (TPSA) is 24.5 Å². The van der Waals surface area contributed by atoms with Crippen molar-refractivity contribution in [3.63, 3.8) is 0 Å². The summed E-state index contributed by atoms with van der Waals surface area (Å²) < 4.78 is 6.02. The lowest BCUT2D eigenvalue weighted by atomic mass is 10.1. The van der Waals surface area contributed by atoms with Crippen molar-refractivity contribution in [1.29, 1.82) is 0 Å². The van der Waals surface area contributed by atoms with Crippen molar-refractivity contribution in [3.05, 3.63) is 29.8 Å². The van der Waals surface area contributed by atoms with E-state index in [9.17, 15) is 0 Å². The minimum atomic E-state index is 0.393. The molecule has 3 nitrogen and oxygen atoms in total. The van der Waals surface area contributed by atoms with E-state index in [1.807, 2.05) is 7.05 Å². The summed E-state index contributed by atoms with van der Waals surface area (Å²) in [6, 6.07) is 8.54. The molecule has 0 spiro atoms. The van der Waals surface area contributed by atoms with Gasteiger partial charge in [0.15, 0.2) is 0 Å². The SMILES string of the molecule is CNCCc1ccc(OC2CCN(C)CC2)cc1. The van der Waals surface area contributed by atoms with Gasteiger partial charge in [-0.15, -0.1) is 0 Å². The van der Waals surface area contributed by atoms with E-state index in [-0.39, 0.29) is 0 Å². The molecule has 1 fully saturated rings. The second-order valence-electron chi connectivity index (χ2n) is 5.12. The van der Waals surface area contributed by atoms with E-state index in [1.165, 1.54) is 5.56 Å². The predicted octanol–water partition coefficient (Wildman–Crippen LogP) is 1.92. The van der Waals surface area contributed by atoms with Gasteiger partial charge in [0.25, 0.3) is 0 Å². The van der Waals surface area contributed by atoms with Crippen LogP contribution in [0.25, 0.3) is 0 Å². The minimum absolute atomic E-state index is 0.393. The Labute approximate surface area is 110 Å². The number of likely N-dealkylation sites (N-methyl/N-ethyl adjacent to an activating group) is 1. The van der Waals surface area contributed by atoms with Crippen LogP contribution in [-0.2, 0) is 6.42 Å². The number of hydrogen-bond acceptors (Lipinski definition) is 3. The number of nitrogens with zero attached hydrogens (tertiary/aromatic N) is 1. The summed E-state index contributed by atoms with van der Waals surface area (Å²) in [4.78, 5) is 2.36. The minimum Gasteiger partial charge on any atom is -0.490 e. The first-order valence-corrected chi connectivity index (χ1v) is 6.86. The van der Waals surface area contributed by atoms with Crippen LogP contribution in [0.3, 0.4) is 0 Å². The van der Waals surface area contributed by atoms with E-state index in [2.05, 4.69) is 41.5 Å². The largest absolute Gasteiger partial charge is 0.490 e. The second-order valence-corrected chi connectivity index (χ2v) is 5.12. The van der Waals surface area contributed by atoms with Gasteiger partial charge in [-0.2, -0.15) is 0 Å². The number of piperidine rings is 1. The Kier molecular flexibility index (Phi) is 5.02. The van der Waals surface area contributed by atoms with E-state index >= 15 is 0 Å². The summed E-state index contributed by atoms with van der Waals surface area (Å²) in [5.74, 6) is 1.01. The number of rotatable bonds is 5. The summed E-state index contributed by atoms with van der Waals surface area (Å²) in [6.07, 6.45) is 3.74. The van der Waals surface area contributed by atoms with Crippen molar-refractivity contribution >= 4 is 0 Å². The maximum absolute atomic E-state index is 6.02. The zero-order valence-electron chi connectivity index (χ0n) is 11.5. The first-order valence-electron chi connectivity index (χ1n) is 6.86. The molecule has 0 aliphatic carbocycles. The standard InChI is InChI=1S/C15H24N2O/c1-16-10-7-13-3-5-14(6-4-13)18-15-8-11-17(2)12-9-15/h3-6,15-16H,7-12H2,1-2H3. The predicted molar refractivity (Wildman–Crippen MR) is 75.2 cm³/mol. The smallest absolute Gasteiger partial charge is 0.119 e. The highest BCUT2D eigenvalue weighted by Gasteiger charge is 2.17. The molecule has 1 aromatic rings. The van der Waals surface area contributed by atoms with Gasteiger partial charge in [-0.25, -0.2) is 0 Å². The third kappa shape index (κ3) is 4.00. The van der Waals surface area contributed by atoms with Crippen LogP contribution in [0.2, 0.25) is 0 Å². The maximum atomic E-state index is 6.02. The molecule has 18 heavy (non-hydrogen) atoms. The van der Waals surface area contributed by atoms with Gasteiger partial charge < -0.3 is 15.0 Å². The molecule has 3 heteroatoms. The maximum Gasteiger partial charge on any atom is 0.119 e. The lowest BCUT2D eigenvalue weighted by Crippen LogP contribution is -2.35. The van der Waals surface area contributed by atoms with Gasteiger partial charge >= 0.3 is 0 Å². The molecule has 1 aliphatic heterocycles. The van der Waals surface area contributed by atoms with Crippen LogP contribution < -0.4 is 10.1 Å². The summed E-state index contributed by atoms with van der Waals surface area (Å²) in [7, 11) is 4.16. The molecule has 1 heterocycles. The highest BCUT2D eigenvalue weighted by molar-refractivity contribution is 5.27. The normalized spacial score (nSPS) is 17.9. The molecule has 1 aromatic carbocycles. The van der Waals surface area contributed by atoms with Gasteiger partial charge in [0.2, 0.25) is 0 Å². The Morgan fingerprint density at radius 1 is 1.22 bits per heavy atom. The Balaban J connectivity index is 1.82. The quantitative estimate of drug-likeness (QED) is 0.861. The van der Waals surface area contributed by atoms with Crippen molar-refractivity contribution in [2.45, 2.75) is 25.4 Å². The Morgan fingerprint density at radius 3 is 2.50 bits per heavy atom. The summed E-state index contributed by atoms with van der Waals surface area (Å²) in [5, 5.41) is 3.16. The average Bonchev–Trinajstić information content (AvgIpc) is 2.41. The van der Waals surface area contributed by atoms with E-state index < -0.39 is 0 Å². The third-order valence-electron chi connectivity index (χ3n) is 3.56. The molecule has 1 aliphatic rings. The van der Waals surface area contributed by atoms with Gasteiger partial charge in [0.1, 0.15) is 11.9 Å². The van der Waals surface area contributed by atoms with Crippen LogP contribution in [0.15, 0.2) is 24.3 Å². The second kappa shape index (κ2) is 6.76. The van der Waals surface area contributed by atoms with E-state index in [0.717, 1.165) is 44.6 Å². The fourth-order valence-corrected chi connectivity index (χ4v) is 2.30. The zero-order valence-corrected chi connectivity index (χ0v) is 11.5. The molecule has 100 valence electrons. The van der Waals surface area contributed by atoms with Crippen molar-refractivity contribution in [2.24, 2.45) is 0 Å². The van der Waals surface area contributed by atoms with Crippen LogP contribution in [0.4, 0.5) is 0 Å². The Bertz CT molecular complexity index is 342. The molecule has 0 unspecified atom stereocenters. The van der Waals surface area contributed by atoms with Gasteiger partial charge in [0, 0.05) is 13.1 Å². The van der Waals surface area contributed by atoms with Crippen LogP contribution in [0.5, 0.6) is 5.75 Å². The molecule has 0 aromatic heterocycles. The van der Waals surface area contributed by atoms with Crippen molar-refractivity contribution in [2.75, 3.05) is 33.7 Å². The van der Waals surface area contributed by atoms with Crippen LogP contribution in [0.1, 0.15) is 18.4 Å². The molecular weight excluding hydrogens is 224 g/mol. The highest BCUT2D eigenvalue weighted by atomic mass is 16.5. The Hall–Kier alpha value is -1.06. The molecule has 0 amide bonds. The first-order chi connectivity index (χ1) is 8.78. The zero-order chi connectivity index (χ0) is 12.8. The molecule has 1 saturated heterocycles. The van der Waals surface area contributed by atoms with Crippen molar-refractivity contribution in [1.82, 2.24) is 10.2 Å². The molecule has 0 saturated carbocycles. The third-order valence-corrected chi connectivity index (χ3v) is 3.56. The number of likely N-dealkylation sites (tertiary alicyclic amines) is 1. The first kappa shape index (κ1) is 13.4. The number of hydrogen-bond donors (Lipinski definition) is 1. The van der Waals surface area contributed by atoms with Gasteiger partial charge in [-0.1, -0.05) is 12.1 Å². The molecule has 0 atom stereocenters. The van der Waals surface area contributed by atoms with Crippen LogP contribution in [-0.4, -0.2) is 44.7 Å². The molecule has 1 N–H and O–H groups in total. The molecule has 2 rings (SSSR count). The number of nitrogens with one attached hydrogen (secondary N) is 1. The van der Waals surface area contributed by atoms with Crippen LogP contribution in [0, 0.1) is 0 Å². The lowest BCUT2D eigenvalue weighted by Gasteiger charge is -2.29. The van der Waals surface area contributed by atoms with Crippen molar-refractivity contribution in [3.8, 4) is 5.75 Å². The summed E-state index contributed by atoms with van der Waals surface area (Å²) in [5.41, 5.74) is 1.36. The van der Waals surface area contributed by atoms with E-state index in [1.54, 1.807) is 0 Å².